The van der Waals surface area contributed by atoms with Crippen LogP contribution in [0.1, 0.15) is 90.4 Å². The number of unbranched alkanes of at least 4 members (excludes halogenated alkanes) is 6. The lowest BCUT2D eigenvalue weighted by atomic mass is 10.0. The van der Waals surface area contributed by atoms with Crippen LogP contribution in [0.3, 0.4) is 0 Å². The van der Waals surface area contributed by atoms with Gasteiger partial charge in [-0.25, -0.2) is 0 Å². The van der Waals surface area contributed by atoms with Crippen molar-refractivity contribution in [3.63, 3.8) is 0 Å². The molecule has 0 amide bonds. The van der Waals surface area contributed by atoms with Crippen LogP contribution in [0.4, 0.5) is 0 Å². The summed E-state index contributed by atoms with van der Waals surface area (Å²) in [4.78, 5) is 10.5. The van der Waals surface area contributed by atoms with Crippen molar-refractivity contribution < 1.29 is 19.7 Å². The van der Waals surface area contributed by atoms with Crippen molar-refractivity contribution in [3.8, 4) is 0 Å². The third kappa shape index (κ3) is 8.74. The first-order valence-electron chi connectivity index (χ1n) is 9.18. The second-order valence-electron chi connectivity index (χ2n) is 6.64. The molecule has 0 saturated carbocycles. The summed E-state index contributed by atoms with van der Waals surface area (Å²) in [5.41, 5.74) is 0. The first-order valence-corrected chi connectivity index (χ1v) is 9.18. The average Bonchev–Trinajstić information content (AvgIpc) is 2.96. The number of aliphatic hydroxyl groups excluding tert-OH is 1. The second-order valence-corrected chi connectivity index (χ2v) is 6.64. The molecule has 3 atom stereocenters. The maximum atomic E-state index is 10.5. The zero-order chi connectivity index (χ0) is 16.2. The molecule has 1 fully saturated rings. The van der Waals surface area contributed by atoms with Crippen LogP contribution < -0.4 is 0 Å². The number of rotatable bonds is 13. The molecule has 1 aliphatic heterocycles. The molecule has 22 heavy (non-hydrogen) atoms. The highest BCUT2D eigenvalue weighted by molar-refractivity contribution is 5.66. The normalized spacial score (nSPS) is 22.8. The molecule has 0 aromatic carbocycles. The van der Waals surface area contributed by atoms with E-state index in [1.807, 2.05) is 0 Å². The maximum absolute atomic E-state index is 10.5. The van der Waals surface area contributed by atoms with Gasteiger partial charge in [-0.05, 0) is 32.1 Å². The predicted molar refractivity (Wildman–Crippen MR) is 88.0 cm³/mol. The summed E-state index contributed by atoms with van der Waals surface area (Å²) in [6.45, 7) is 2.22. The van der Waals surface area contributed by atoms with E-state index in [0.717, 1.165) is 44.9 Å². The topological polar surface area (TPSA) is 66.8 Å². The van der Waals surface area contributed by atoms with Gasteiger partial charge in [0.15, 0.2) is 0 Å². The van der Waals surface area contributed by atoms with E-state index in [-0.39, 0.29) is 24.7 Å². The minimum absolute atomic E-state index is 0.000107. The Kier molecular flexibility index (Phi) is 10.5. The Balaban J connectivity index is 2.03. The zero-order valence-corrected chi connectivity index (χ0v) is 14.1. The average molecular weight is 314 g/mol. The largest absolute Gasteiger partial charge is 0.481 e. The van der Waals surface area contributed by atoms with E-state index in [0.29, 0.717) is 0 Å². The van der Waals surface area contributed by atoms with Crippen LogP contribution in [0.2, 0.25) is 0 Å². The number of carbonyl (C=O) groups is 1. The van der Waals surface area contributed by atoms with Crippen LogP contribution in [0.15, 0.2) is 0 Å². The Morgan fingerprint density at radius 2 is 1.82 bits per heavy atom. The summed E-state index contributed by atoms with van der Waals surface area (Å²) in [6.07, 6.45) is 13.0. The van der Waals surface area contributed by atoms with Gasteiger partial charge in [-0.3, -0.25) is 4.79 Å². The molecule has 0 bridgehead atoms. The van der Waals surface area contributed by atoms with Gasteiger partial charge in [0.25, 0.3) is 0 Å². The standard InChI is InChI=1S/C18H34O4/c1-2-3-4-5-6-7-11-16(19)17-14-13-15(22-17)10-8-9-12-18(20)21/h15-17,19H,2-14H2,1H3,(H,20,21)/t15-,16+,17+/m1/s1. The molecule has 1 saturated heterocycles. The number of hydrogen-bond donors (Lipinski definition) is 2. The smallest absolute Gasteiger partial charge is 0.303 e. The van der Waals surface area contributed by atoms with E-state index in [1.54, 1.807) is 0 Å². The zero-order valence-electron chi connectivity index (χ0n) is 14.1. The van der Waals surface area contributed by atoms with Crippen LogP contribution in [0.25, 0.3) is 0 Å². The van der Waals surface area contributed by atoms with E-state index >= 15 is 0 Å². The summed E-state index contributed by atoms with van der Waals surface area (Å²) in [5, 5.41) is 18.8. The van der Waals surface area contributed by atoms with Gasteiger partial charge in [0.1, 0.15) is 0 Å². The molecule has 1 rings (SSSR count). The van der Waals surface area contributed by atoms with Crippen molar-refractivity contribution in [3.05, 3.63) is 0 Å². The number of aliphatic hydroxyl groups is 1. The SMILES string of the molecule is CCCCCCCC[C@H](O)[C@@H]1CC[C@@H](CCCCC(=O)O)O1. The predicted octanol–water partition coefficient (Wildman–Crippen LogP) is 4.29. The molecular formula is C18H34O4. The third-order valence-corrected chi connectivity index (χ3v) is 4.59. The highest BCUT2D eigenvalue weighted by Gasteiger charge is 2.29. The van der Waals surface area contributed by atoms with E-state index in [9.17, 15) is 9.90 Å². The fourth-order valence-electron chi connectivity index (χ4n) is 3.20. The summed E-state index contributed by atoms with van der Waals surface area (Å²) in [7, 11) is 0. The first-order chi connectivity index (χ1) is 10.6. The van der Waals surface area contributed by atoms with Crippen molar-refractivity contribution in [2.45, 2.75) is 109 Å². The van der Waals surface area contributed by atoms with E-state index in [1.165, 1.54) is 32.1 Å². The molecule has 1 heterocycles. The number of aliphatic carboxylic acids is 1. The van der Waals surface area contributed by atoms with Gasteiger partial charge in [0, 0.05) is 6.42 Å². The lowest BCUT2D eigenvalue weighted by molar-refractivity contribution is -0.137. The quantitative estimate of drug-likeness (QED) is 0.498. The third-order valence-electron chi connectivity index (χ3n) is 4.59. The van der Waals surface area contributed by atoms with Gasteiger partial charge in [-0.15, -0.1) is 0 Å². The van der Waals surface area contributed by atoms with Gasteiger partial charge in [-0.2, -0.15) is 0 Å². The molecule has 0 aliphatic carbocycles. The van der Waals surface area contributed by atoms with Crippen LogP contribution >= 0.6 is 0 Å². The number of hydrogen-bond acceptors (Lipinski definition) is 3. The first kappa shape index (κ1) is 19.4. The van der Waals surface area contributed by atoms with Crippen molar-refractivity contribution >= 4 is 5.97 Å². The molecule has 0 radical (unpaired) electrons. The summed E-state index contributed by atoms with van der Waals surface area (Å²) < 4.78 is 5.93. The van der Waals surface area contributed by atoms with Crippen LogP contribution in [0.5, 0.6) is 0 Å². The minimum atomic E-state index is -0.723. The Labute approximate surface area is 135 Å². The lowest BCUT2D eigenvalue weighted by Gasteiger charge is -2.19. The van der Waals surface area contributed by atoms with Crippen LogP contribution in [-0.2, 0) is 9.53 Å². The van der Waals surface area contributed by atoms with Crippen molar-refractivity contribution in [2.75, 3.05) is 0 Å². The molecule has 0 unspecified atom stereocenters. The monoisotopic (exact) mass is 314 g/mol. The van der Waals surface area contributed by atoms with Crippen LogP contribution in [0, 0.1) is 0 Å². The molecule has 0 aromatic rings. The molecule has 4 heteroatoms. The van der Waals surface area contributed by atoms with Gasteiger partial charge >= 0.3 is 5.97 Å². The van der Waals surface area contributed by atoms with Crippen molar-refractivity contribution in [1.82, 2.24) is 0 Å². The summed E-state index contributed by atoms with van der Waals surface area (Å²) in [5.74, 6) is -0.723. The Morgan fingerprint density at radius 1 is 1.09 bits per heavy atom. The van der Waals surface area contributed by atoms with Gasteiger partial charge < -0.3 is 14.9 Å². The van der Waals surface area contributed by atoms with Crippen LogP contribution in [-0.4, -0.2) is 34.5 Å². The van der Waals surface area contributed by atoms with Crippen molar-refractivity contribution in [1.29, 1.82) is 0 Å². The molecule has 0 aromatic heterocycles. The fraction of sp³-hybridized carbons (Fsp3) is 0.944. The molecule has 1 aliphatic rings. The minimum Gasteiger partial charge on any atom is -0.481 e. The fourth-order valence-corrected chi connectivity index (χ4v) is 3.20. The Hall–Kier alpha value is -0.610. The summed E-state index contributed by atoms with van der Waals surface area (Å²) >= 11 is 0. The number of carboxylic acids is 1. The van der Waals surface area contributed by atoms with Gasteiger partial charge in [0.05, 0.1) is 18.3 Å². The van der Waals surface area contributed by atoms with Gasteiger partial charge in [0.2, 0.25) is 0 Å². The number of ether oxygens (including phenoxy) is 1. The van der Waals surface area contributed by atoms with Crippen molar-refractivity contribution in [2.24, 2.45) is 0 Å². The van der Waals surface area contributed by atoms with E-state index < -0.39 is 5.97 Å². The molecule has 2 N–H and O–H groups in total. The van der Waals surface area contributed by atoms with E-state index in [2.05, 4.69) is 6.92 Å². The second kappa shape index (κ2) is 11.9. The highest BCUT2D eigenvalue weighted by Crippen LogP contribution is 2.27. The highest BCUT2D eigenvalue weighted by atomic mass is 16.5. The summed E-state index contributed by atoms with van der Waals surface area (Å²) in [6, 6.07) is 0. The van der Waals surface area contributed by atoms with Gasteiger partial charge in [-0.1, -0.05) is 51.9 Å². The molecule has 130 valence electrons. The molecular weight excluding hydrogens is 280 g/mol. The van der Waals surface area contributed by atoms with E-state index in [4.69, 9.17) is 9.84 Å². The number of carboxylic acid groups (broad SMARTS) is 1. The Bertz CT molecular complexity index is 293. The molecule has 4 nitrogen and oxygen atoms in total. The lowest BCUT2D eigenvalue weighted by Crippen LogP contribution is -2.26. The maximum Gasteiger partial charge on any atom is 0.303 e. The Morgan fingerprint density at radius 3 is 2.55 bits per heavy atom. The molecule has 0 spiro atoms.